The molecular formula is C22H27NO3. The zero-order chi connectivity index (χ0) is 19.1. The van der Waals surface area contributed by atoms with Gasteiger partial charge in [-0.1, -0.05) is 43.7 Å². The van der Waals surface area contributed by atoms with Crippen molar-refractivity contribution in [3.05, 3.63) is 64.7 Å². The molecule has 0 aliphatic carbocycles. The summed E-state index contributed by atoms with van der Waals surface area (Å²) in [5.74, 6) is 0.415. The fourth-order valence-corrected chi connectivity index (χ4v) is 2.88. The van der Waals surface area contributed by atoms with E-state index in [9.17, 15) is 9.90 Å². The summed E-state index contributed by atoms with van der Waals surface area (Å²) >= 11 is 0. The number of aromatic hydroxyl groups is 1. The molecule has 0 saturated heterocycles. The zero-order valence-electron chi connectivity index (χ0n) is 16.0. The number of ketones is 1. The summed E-state index contributed by atoms with van der Waals surface area (Å²) in [4.78, 5) is 14.8. The molecule has 0 bridgehead atoms. The second-order valence-electron chi connectivity index (χ2n) is 6.57. The molecule has 4 nitrogen and oxygen atoms in total. The van der Waals surface area contributed by atoms with Crippen molar-refractivity contribution in [2.24, 2.45) is 0 Å². The van der Waals surface area contributed by atoms with Gasteiger partial charge in [-0.3, -0.25) is 4.79 Å². The largest absolute Gasteiger partial charge is 0.508 e. The lowest BCUT2D eigenvalue weighted by Crippen LogP contribution is -2.11. The first-order valence-electron chi connectivity index (χ1n) is 8.81. The third-order valence-electron chi connectivity index (χ3n) is 4.14. The summed E-state index contributed by atoms with van der Waals surface area (Å²) < 4.78 is 5.29. The Labute approximate surface area is 155 Å². The summed E-state index contributed by atoms with van der Waals surface area (Å²) in [5.41, 5.74) is 3.40. The van der Waals surface area contributed by atoms with Crippen LogP contribution in [-0.4, -0.2) is 37.0 Å². The van der Waals surface area contributed by atoms with Crippen LogP contribution in [0.2, 0.25) is 0 Å². The number of carbonyl (C=O) groups excluding carboxylic acids is 1. The lowest BCUT2D eigenvalue weighted by Gasteiger charge is -2.12. The number of allylic oxidation sites excluding steroid dienone is 1. The quantitative estimate of drug-likeness (QED) is 0.567. The lowest BCUT2D eigenvalue weighted by molar-refractivity contribution is 0.104. The Bertz CT molecular complexity index is 794. The van der Waals surface area contributed by atoms with Crippen LogP contribution in [-0.2, 0) is 13.0 Å². The molecule has 0 aromatic heterocycles. The molecule has 26 heavy (non-hydrogen) atoms. The van der Waals surface area contributed by atoms with E-state index in [1.54, 1.807) is 12.1 Å². The van der Waals surface area contributed by atoms with Gasteiger partial charge in [0.25, 0.3) is 0 Å². The number of nitrogens with zero attached hydrogens (tertiary/aromatic N) is 1. The molecule has 0 atom stereocenters. The van der Waals surface area contributed by atoms with Gasteiger partial charge in [0.05, 0.1) is 12.7 Å². The number of methoxy groups -OCH3 is 1. The molecule has 138 valence electrons. The zero-order valence-corrected chi connectivity index (χ0v) is 16.0. The number of ether oxygens (including phenoxy) is 1. The molecule has 0 unspecified atom stereocenters. The maximum atomic E-state index is 12.7. The summed E-state index contributed by atoms with van der Waals surface area (Å²) in [6.07, 6.45) is 5.01. The number of carbonyl (C=O) groups is 1. The minimum atomic E-state index is -0.140. The standard InChI is InChI=1S/C22H27NO3/c1-5-8-17-13-19(22(26-4)14-21(17)25)20(24)12-11-16-9-6-7-10-18(16)15-23(2)3/h6-7,9-14,25H,5,8,15H2,1-4H3. The van der Waals surface area contributed by atoms with Crippen LogP contribution in [0.25, 0.3) is 6.08 Å². The number of rotatable bonds is 8. The molecule has 0 spiro atoms. The Balaban J connectivity index is 2.33. The van der Waals surface area contributed by atoms with Gasteiger partial charge in [0.2, 0.25) is 0 Å². The van der Waals surface area contributed by atoms with Gasteiger partial charge in [-0.2, -0.15) is 0 Å². The first-order valence-corrected chi connectivity index (χ1v) is 8.81. The highest BCUT2D eigenvalue weighted by Crippen LogP contribution is 2.30. The molecule has 0 fully saturated rings. The number of hydrogen-bond donors (Lipinski definition) is 1. The van der Waals surface area contributed by atoms with Crippen LogP contribution >= 0.6 is 0 Å². The third kappa shape index (κ3) is 4.96. The van der Waals surface area contributed by atoms with E-state index in [0.717, 1.165) is 29.7 Å². The van der Waals surface area contributed by atoms with Gasteiger partial charge in [0.15, 0.2) is 5.78 Å². The molecule has 0 radical (unpaired) electrons. The highest BCUT2D eigenvalue weighted by atomic mass is 16.5. The molecule has 4 heteroatoms. The average molecular weight is 353 g/mol. The molecule has 2 aromatic rings. The monoisotopic (exact) mass is 353 g/mol. The topological polar surface area (TPSA) is 49.8 Å². The number of hydrogen-bond acceptors (Lipinski definition) is 4. The number of aryl methyl sites for hydroxylation is 1. The van der Waals surface area contributed by atoms with E-state index in [4.69, 9.17) is 4.74 Å². The average Bonchev–Trinajstić information content (AvgIpc) is 2.61. The lowest BCUT2D eigenvalue weighted by atomic mass is 10.0. The Hall–Kier alpha value is -2.59. The van der Waals surface area contributed by atoms with Crippen LogP contribution in [0, 0.1) is 0 Å². The van der Waals surface area contributed by atoms with Gasteiger partial charge in [0.1, 0.15) is 11.5 Å². The fourth-order valence-electron chi connectivity index (χ4n) is 2.88. The number of phenols is 1. The molecular weight excluding hydrogens is 326 g/mol. The number of benzene rings is 2. The van der Waals surface area contributed by atoms with Crippen molar-refractivity contribution in [2.45, 2.75) is 26.3 Å². The van der Waals surface area contributed by atoms with E-state index < -0.39 is 0 Å². The van der Waals surface area contributed by atoms with Gasteiger partial charge in [0, 0.05) is 12.6 Å². The minimum Gasteiger partial charge on any atom is -0.508 e. The second kappa shape index (κ2) is 9.20. The predicted molar refractivity (Wildman–Crippen MR) is 106 cm³/mol. The molecule has 0 saturated carbocycles. The molecule has 0 heterocycles. The predicted octanol–water partition coefficient (Wildman–Crippen LogP) is 4.31. The van der Waals surface area contributed by atoms with Crippen molar-refractivity contribution < 1.29 is 14.6 Å². The van der Waals surface area contributed by atoms with Crippen molar-refractivity contribution in [1.29, 1.82) is 0 Å². The smallest absolute Gasteiger partial charge is 0.189 e. The maximum absolute atomic E-state index is 12.7. The van der Waals surface area contributed by atoms with E-state index in [2.05, 4.69) is 11.0 Å². The summed E-state index contributed by atoms with van der Waals surface area (Å²) in [6, 6.07) is 11.3. The van der Waals surface area contributed by atoms with E-state index >= 15 is 0 Å². The van der Waals surface area contributed by atoms with Gasteiger partial charge in [-0.25, -0.2) is 0 Å². The third-order valence-corrected chi connectivity index (χ3v) is 4.14. The van der Waals surface area contributed by atoms with Crippen molar-refractivity contribution in [3.8, 4) is 11.5 Å². The molecule has 0 amide bonds. The number of phenolic OH excluding ortho intramolecular Hbond substituents is 1. The fraction of sp³-hybridized carbons (Fsp3) is 0.318. The van der Waals surface area contributed by atoms with Crippen LogP contribution in [0.3, 0.4) is 0 Å². The van der Waals surface area contributed by atoms with Crippen LogP contribution < -0.4 is 4.74 Å². The van der Waals surface area contributed by atoms with Gasteiger partial charge < -0.3 is 14.7 Å². The van der Waals surface area contributed by atoms with E-state index in [1.807, 2.05) is 45.3 Å². The van der Waals surface area contributed by atoms with Crippen molar-refractivity contribution >= 4 is 11.9 Å². The van der Waals surface area contributed by atoms with E-state index in [1.165, 1.54) is 13.2 Å². The van der Waals surface area contributed by atoms with Crippen LogP contribution in [0.15, 0.2) is 42.5 Å². The van der Waals surface area contributed by atoms with Crippen molar-refractivity contribution in [1.82, 2.24) is 4.90 Å². The molecule has 2 rings (SSSR count). The van der Waals surface area contributed by atoms with E-state index in [-0.39, 0.29) is 11.5 Å². The van der Waals surface area contributed by atoms with Gasteiger partial charge in [-0.15, -0.1) is 0 Å². The van der Waals surface area contributed by atoms with Gasteiger partial charge >= 0.3 is 0 Å². The van der Waals surface area contributed by atoms with Gasteiger partial charge in [-0.05, 0) is 49.3 Å². The molecule has 0 aliphatic heterocycles. The first kappa shape index (κ1) is 19.7. The highest BCUT2D eigenvalue weighted by Gasteiger charge is 2.14. The van der Waals surface area contributed by atoms with Crippen LogP contribution in [0.5, 0.6) is 11.5 Å². The first-order chi connectivity index (χ1) is 12.5. The van der Waals surface area contributed by atoms with Crippen molar-refractivity contribution in [2.75, 3.05) is 21.2 Å². The minimum absolute atomic E-state index is 0.140. The Morgan fingerprint density at radius 1 is 1.19 bits per heavy atom. The SMILES string of the molecule is CCCc1cc(C(=O)C=Cc2ccccc2CN(C)C)c(OC)cc1O. The van der Waals surface area contributed by atoms with Crippen LogP contribution in [0.1, 0.15) is 40.4 Å². The van der Waals surface area contributed by atoms with Crippen molar-refractivity contribution in [3.63, 3.8) is 0 Å². The molecule has 2 aromatic carbocycles. The highest BCUT2D eigenvalue weighted by molar-refractivity contribution is 6.09. The Morgan fingerprint density at radius 2 is 1.92 bits per heavy atom. The summed E-state index contributed by atoms with van der Waals surface area (Å²) in [5, 5.41) is 10.1. The van der Waals surface area contributed by atoms with E-state index in [0.29, 0.717) is 17.7 Å². The second-order valence-corrected chi connectivity index (χ2v) is 6.57. The normalized spacial score (nSPS) is 11.3. The Kier molecular flexibility index (Phi) is 6.98. The summed E-state index contributed by atoms with van der Waals surface area (Å²) in [6.45, 7) is 2.84. The Morgan fingerprint density at radius 3 is 2.58 bits per heavy atom. The summed E-state index contributed by atoms with van der Waals surface area (Å²) in [7, 11) is 5.53. The maximum Gasteiger partial charge on any atom is 0.189 e. The molecule has 1 N–H and O–H groups in total. The van der Waals surface area contributed by atoms with Crippen LogP contribution in [0.4, 0.5) is 0 Å². The molecule has 0 aliphatic rings.